The van der Waals surface area contributed by atoms with Crippen molar-refractivity contribution in [2.75, 3.05) is 13.7 Å². The second-order valence-electron chi connectivity index (χ2n) is 6.77. The molecule has 0 aliphatic carbocycles. The summed E-state index contributed by atoms with van der Waals surface area (Å²) in [7, 11) is 1.65. The summed E-state index contributed by atoms with van der Waals surface area (Å²) in [5.74, 6) is 2.04. The number of rotatable bonds is 10. The first kappa shape index (κ1) is 23.2. The van der Waals surface area contributed by atoms with E-state index in [2.05, 4.69) is 32.5 Å². The molecule has 0 fully saturated rings. The average Bonchev–Trinajstić information content (AvgIpc) is 2.82. The summed E-state index contributed by atoms with van der Waals surface area (Å²) in [4.78, 5) is 0. The van der Waals surface area contributed by atoms with Gasteiger partial charge in [0.15, 0.2) is 11.5 Å². The zero-order chi connectivity index (χ0) is 22.8. The molecule has 0 saturated heterocycles. The van der Waals surface area contributed by atoms with Crippen molar-refractivity contribution in [2.24, 2.45) is 5.10 Å². The highest BCUT2D eigenvalue weighted by Crippen LogP contribution is 2.37. The minimum atomic E-state index is 0.322. The number of hydrogen-bond donors (Lipinski definition) is 1. The number of para-hydroxylation sites is 1. The number of methoxy groups -OCH3 is 1. The summed E-state index contributed by atoms with van der Waals surface area (Å²) in [6.07, 6.45) is 1.73. The number of hydrogen-bond acceptors (Lipinski definition) is 6. The Balaban J connectivity index is 1.70. The molecule has 0 aromatic heterocycles. The molecule has 0 amide bonds. The van der Waals surface area contributed by atoms with E-state index >= 15 is 0 Å². The van der Waals surface area contributed by atoms with Crippen molar-refractivity contribution in [3.63, 3.8) is 0 Å². The van der Waals surface area contributed by atoms with Crippen molar-refractivity contribution in [1.82, 2.24) is 5.43 Å². The smallest absolute Gasteiger partial charge is 0.175 e. The first-order valence-corrected chi connectivity index (χ1v) is 10.9. The Morgan fingerprint density at radius 3 is 2.69 bits per heavy atom. The third-order valence-electron chi connectivity index (χ3n) is 4.54. The van der Waals surface area contributed by atoms with Gasteiger partial charge >= 0.3 is 0 Å². The topological polar surface area (TPSA) is 75.9 Å². The number of nitrogens with one attached hydrogen (secondary N) is 1. The molecule has 1 N–H and O–H groups in total. The van der Waals surface area contributed by atoms with Crippen molar-refractivity contribution in [3.8, 4) is 23.3 Å². The van der Waals surface area contributed by atoms with Crippen LogP contribution in [0.2, 0.25) is 0 Å². The molecule has 0 spiro atoms. The zero-order valence-electron chi connectivity index (χ0n) is 18.0. The number of halogens is 1. The summed E-state index contributed by atoms with van der Waals surface area (Å²) in [6.45, 7) is 3.29. The van der Waals surface area contributed by atoms with Gasteiger partial charge in [0.2, 0.25) is 0 Å². The number of benzene rings is 3. The zero-order valence-corrected chi connectivity index (χ0v) is 19.6. The van der Waals surface area contributed by atoms with E-state index in [4.69, 9.17) is 19.5 Å². The number of nitriles is 1. The standard InChI is InChI=1S/C25H24BrN3O3/c1-3-31-24-13-20(15-28-29-16-21-9-4-5-10-23(21)30-2)12-22(26)25(24)32-17-19-8-6-7-18(11-19)14-27/h4-13,15,29H,3,16-17H2,1-2H3/b28-15-. The van der Waals surface area contributed by atoms with E-state index in [1.807, 2.05) is 61.5 Å². The van der Waals surface area contributed by atoms with Crippen molar-refractivity contribution in [1.29, 1.82) is 5.26 Å². The molecule has 32 heavy (non-hydrogen) atoms. The lowest BCUT2D eigenvalue weighted by molar-refractivity contribution is 0.267. The highest BCUT2D eigenvalue weighted by molar-refractivity contribution is 9.10. The lowest BCUT2D eigenvalue weighted by Gasteiger charge is -2.15. The van der Waals surface area contributed by atoms with E-state index in [1.165, 1.54) is 0 Å². The van der Waals surface area contributed by atoms with Crippen LogP contribution in [0.3, 0.4) is 0 Å². The first-order chi connectivity index (χ1) is 15.6. The molecule has 0 unspecified atom stereocenters. The van der Waals surface area contributed by atoms with Crippen LogP contribution in [0.1, 0.15) is 29.2 Å². The molecule has 0 aliphatic rings. The Morgan fingerprint density at radius 2 is 1.91 bits per heavy atom. The molecule has 0 heterocycles. The quantitative estimate of drug-likeness (QED) is 0.301. The molecule has 3 rings (SSSR count). The molecule has 7 heteroatoms. The Morgan fingerprint density at radius 1 is 1.06 bits per heavy atom. The van der Waals surface area contributed by atoms with Gasteiger partial charge in [0.05, 0.1) is 42.6 Å². The summed E-state index contributed by atoms with van der Waals surface area (Å²) < 4.78 is 17.9. The van der Waals surface area contributed by atoms with Gasteiger partial charge < -0.3 is 19.6 Å². The number of hydrazone groups is 1. The van der Waals surface area contributed by atoms with Gasteiger partial charge in [0.25, 0.3) is 0 Å². The fraction of sp³-hybridized carbons (Fsp3) is 0.200. The second kappa shape index (κ2) is 11.8. The summed E-state index contributed by atoms with van der Waals surface area (Å²) >= 11 is 3.58. The fourth-order valence-electron chi connectivity index (χ4n) is 3.05. The first-order valence-electron chi connectivity index (χ1n) is 10.1. The molecule has 6 nitrogen and oxygen atoms in total. The Kier molecular flexibility index (Phi) is 8.52. The lowest BCUT2D eigenvalue weighted by atomic mass is 10.1. The molecule has 164 valence electrons. The maximum absolute atomic E-state index is 9.07. The van der Waals surface area contributed by atoms with E-state index in [0.717, 1.165) is 26.9 Å². The Labute approximate surface area is 196 Å². The summed E-state index contributed by atoms with van der Waals surface area (Å²) in [5, 5.41) is 13.4. The van der Waals surface area contributed by atoms with Crippen LogP contribution >= 0.6 is 15.9 Å². The van der Waals surface area contributed by atoms with Crippen LogP contribution in [-0.2, 0) is 13.2 Å². The minimum Gasteiger partial charge on any atom is -0.496 e. The van der Waals surface area contributed by atoms with Crippen molar-refractivity contribution in [3.05, 3.63) is 87.4 Å². The van der Waals surface area contributed by atoms with Crippen LogP contribution < -0.4 is 19.6 Å². The van der Waals surface area contributed by atoms with Crippen molar-refractivity contribution in [2.45, 2.75) is 20.1 Å². The van der Waals surface area contributed by atoms with E-state index in [-0.39, 0.29) is 0 Å². The summed E-state index contributed by atoms with van der Waals surface area (Å²) in [6, 6.07) is 21.1. The molecule has 3 aromatic rings. The third kappa shape index (κ3) is 6.25. The predicted octanol–water partition coefficient (Wildman–Crippen LogP) is 5.43. The molecule has 0 bridgehead atoms. The molecule has 3 aromatic carbocycles. The van der Waals surface area contributed by atoms with E-state index in [0.29, 0.717) is 36.8 Å². The maximum atomic E-state index is 9.07. The van der Waals surface area contributed by atoms with Crippen LogP contribution in [0.15, 0.2) is 70.2 Å². The average molecular weight is 494 g/mol. The number of ether oxygens (including phenoxy) is 3. The largest absolute Gasteiger partial charge is 0.496 e. The van der Waals surface area contributed by atoms with Gasteiger partial charge in [0, 0.05) is 5.56 Å². The van der Waals surface area contributed by atoms with Gasteiger partial charge in [-0.05, 0) is 64.3 Å². The summed E-state index contributed by atoms with van der Waals surface area (Å²) in [5.41, 5.74) is 6.42. The van der Waals surface area contributed by atoms with Crippen molar-refractivity contribution < 1.29 is 14.2 Å². The Bertz CT molecular complexity index is 1130. The fourth-order valence-corrected chi connectivity index (χ4v) is 3.63. The highest BCUT2D eigenvalue weighted by atomic mass is 79.9. The van der Waals surface area contributed by atoms with E-state index in [1.54, 1.807) is 19.4 Å². The van der Waals surface area contributed by atoms with Crippen molar-refractivity contribution >= 4 is 22.1 Å². The van der Waals surface area contributed by atoms with Gasteiger partial charge in [0.1, 0.15) is 12.4 Å². The van der Waals surface area contributed by atoms with Crippen LogP contribution in [0, 0.1) is 11.3 Å². The molecule has 0 aliphatic heterocycles. The Hall–Kier alpha value is -3.50. The SMILES string of the molecule is CCOc1cc(/C=N\NCc2ccccc2OC)cc(Br)c1OCc1cccc(C#N)c1. The van der Waals surface area contributed by atoms with E-state index < -0.39 is 0 Å². The molecule has 0 saturated carbocycles. The maximum Gasteiger partial charge on any atom is 0.175 e. The number of nitrogens with zero attached hydrogens (tertiary/aromatic N) is 2. The van der Waals surface area contributed by atoms with Crippen LogP contribution in [0.5, 0.6) is 17.2 Å². The second-order valence-corrected chi connectivity index (χ2v) is 7.62. The van der Waals surface area contributed by atoms with Gasteiger partial charge in [-0.25, -0.2) is 0 Å². The van der Waals surface area contributed by atoms with Gasteiger partial charge in [-0.1, -0.05) is 30.3 Å². The van der Waals surface area contributed by atoms with Gasteiger partial charge in [-0.2, -0.15) is 10.4 Å². The highest BCUT2D eigenvalue weighted by Gasteiger charge is 2.12. The normalized spacial score (nSPS) is 10.6. The van der Waals surface area contributed by atoms with E-state index in [9.17, 15) is 0 Å². The molecular formula is C25H24BrN3O3. The van der Waals surface area contributed by atoms with Gasteiger partial charge in [-0.3, -0.25) is 0 Å². The molecule has 0 radical (unpaired) electrons. The minimum absolute atomic E-state index is 0.322. The van der Waals surface area contributed by atoms with Crippen LogP contribution in [-0.4, -0.2) is 19.9 Å². The van der Waals surface area contributed by atoms with Gasteiger partial charge in [-0.15, -0.1) is 0 Å². The van der Waals surface area contributed by atoms with Crippen LogP contribution in [0.25, 0.3) is 0 Å². The molecular weight excluding hydrogens is 470 g/mol. The monoisotopic (exact) mass is 493 g/mol. The van der Waals surface area contributed by atoms with Crippen LogP contribution in [0.4, 0.5) is 0 Å². The lowest BCUT2D eigenvalue weighted by Crippen LogP contribution is -2.07. The predicted molar refractivity (Wildman–Crippen MR) is 128 cm³/mol. The molecule has 0 atom stereocenters. The third-order valence-corrected chi connectivity index (χ3v) is 5.13.